The van der Waals surface area contributed by atoms with Crippen LogP contribution in [0.15, 0.2) is 90.6 Å². The van der Waals surface area contributed by atoms with Crippen molar-refractivity contribution in [2.24, 2.45) is 0 Å². The van der Waals surface area contributed by atoms with E-state index in [1.807, 2.05) is 6.07 Å². The van der Waals surface area contributed by atoms with Crippen molar-refractivity contribution in [3.05, 3.63) is 107 Å². The molecule has 2 amide bonds. The lowest BCUT2D eigenvalue weighted by Gasteiger charge is -2.17. The molecule has 0 aromatic heterocycles. The van der Waals surface area contributed by atoms with Crippen LogP contribution in [-0.2, 0) is 16.0 Å². The number of carbonyl (C=O) groups is 3. The van der Waals surface area contributed by atoms with Crippen molar-refractivity contribution in [1.29, 1.82) is 0 Å². The number of phenols is 1. The van der Waals surface area contributed by atoms with Gasteiger partial charge in [0.05, 0.1) is 0 Å². The SMILES string of the molecule is O=C(N[C@H](Cc1ccc(O)cc1)C(=O)O)/C(=C/c1ccccc1)NC(=O)c1ccccc1. The molecule has 0 saturated carbocycles. The van der Waals surface area contributed by atoms with Crippen LogP contribution in [0.2, 0.25) is 0 Å². The molecule has 0 aliphatic carbocycles. The molecule has 0 heterocycles. The fourth-order valence-electron chi connectivity index (χ4n) is 2.96. The van der Waals surface area contributed by atoms with Gasteiger partial charge in [-0.3, -0.25) is 9.59 Å². The lowest BCUT2D eigenvalue weighted by Crippen LogP contribution is -2.45. The van der Waals surface area contributed by atoms with Gasteiger partial charge in [-0.05, 0) is 41.5 Å². The van der Waals surface area contributed by atoms with Crippen molar-refractivity contribution in [3.63, 3.8) is 0 Å². The van der Waals surface area contributed by atoms with Crippen molar-refractivity contribution in [1.82, 2.24) is 10.6 Å². The monoisotopic (exact) mass is 430 g/mol. The standard InChI is InChI=1S/C25H22N2O5/c28-20-13-11-18(12-14-20)16-22(25(31)32)27-24(30)21(15-17-7-3-1-4-8-17)26-23(29)19-9-5-2-6-10-19/h1-15,22,28H,16H2,(H,26,29)(H,27,30)(H,31,32)/b21-15-/t22-/m1/s1. The molecule has 0 spiro atoms. The fourth-order valence-corrected chi connectivity index (χ4v) is 2.96. The zero-order chi connectivity index (χ0) is 22.9. The highest BCUT2D eigenvalue weighted by Gasteiger charge is 2.23. The summed E-state index contributed by atoms with van der Waals surface area (Å²) in [5, 5.41) is 24.1. The highest BCUT2D eigenvalue weighted by Crippen LogP contribution is 2.12. The second-order valence-electron chi connectivity index (χ2n) is 7.02. The molecule has 0 saturated heterocycles. The number of phenolic OH excluding ortho intramolecular Hbond substituents is 1. The summed E-state index contributed by atoms with van der Waals surface area (Å²) in [5.74, 6) is -2.39. The Kier molecular flexibility index (Phi) is 7.37. The molecule has 162 valence electrons. The van der Waals surface area contributed by atoms with Gasteiger partial charge in [-0.15, -0.1) is 0 Å². The Morgan fingerprint density at radius 1 is 0.844 bits per heavy atom. The van der Waals surface area contributed by atoms with Gasteiger partial charge >= 0.3 is 5.97 Å². The molecule has 7 nitrogen and oxygen atoms in total. The number of aliphatic carboxylic acids is 1. The smallest absolute Gasteiger partial charge is 0.326 e. The Bertz CT molecular complexity index is 1110. The lowest BCUT2D eigenvalue weighted by atomic mass is 10.1. The molecule has 4 N–H and O–H groups in total. The number of hydrogen-bond donors (Lipinski definition) is 4. The van der Waals surface area contributed by atoms with Gasteiger partial charge in [-0.2, -0.15) is 0 Å². The first-order chi connectivity index (χ1) is 15.4. The second kappa shape index (κ2) is 10.6. The first kappa shape index (κ1) is 22.3. The maximum absolute atomic E-state index is 13.0. The summed E-state index contributed by atoms with van der Waals surface area (Å²) in [6, 6.07) is 22.1. The van der Waals surface area contributed by atoms with Crippen LogP contribution in [0.25, 0.3) is 6.08 Å². The van der Waals surface area contributed by atoms with Crippen LogP contribution in [0, 0.1) is 0 Å². The molecular formula is C25H22N2O5. The zero-order valence-corrected chi connectivity index (χ0v) is 17.1. The average Bonchev–Trinajstić information content (AvgIpc) is 2.80. The number of rotatable bonds is 8. The summed E-state index contributed by atoms with van der Waals surface area (Å²) < 4.78 is 0. The number of hydrogen-bond acceptors (Lipinski definition) is 4. The molecule has 1 atom stereocenters. The third-order valence-electron chi connectivity index (χ3n) is 4.62. The summed E-state index contributed by atoms with van der Waals surface area (Å²) in [7, 11) is 0. The highest BCUT2D eigenvalue weighted by atomic mass is 16.4. The summed E-state index contributed by atoms with van der Waals surface area (Å²) in [6.45, 7) is 0. The molecule has 0 fully saturated rings. The van der Waals surface area contributed by atoms with E-state index in [9.17, 15) is 24.6 Å². The molecule has 0 unspecified atom stereocenters. The van der Waals surface area contributed by atoms with Gasteiger partial charge in [0.25, 0.3) is 11.8 Å². The van der Waals surface area contributed by atoms with Crippen molar-refractivity contribution >= 4 is 23.9 Å². The second-order valence-corrected chi connectivity index (χ2v) is 7.02. The largest absolute Gasteiger partial charge is 0.508 e. The molecule has 7 heteroatoms. The van der Waals surface area contributed by atoms with E-state index >= 15 is 0 Å². The predicted molar refractivity (Wildman–Crippen MR) is 120 cm³/mol. The Balaban J connectivity index is 1.83. The minimum atomic E-state index is -1.24. The van der Waals surface area contributed by atoms with Gasteiger partial charge in [0.1, 0.15) is 17.5 Å². The van der Waals surface area contributed by atoms with Crippen LogP contribution >= 0.6 is 0 Å². The van der Waals surface area contributed by atoms with Gasteiger partial charge in [0.2, 0.25) is 0 Å². The van der Waals surface area contributed by atoms with E-state index < -0.39 is 23.8 Å². The van der Waals surface area contributed by atoms with Gasteiger partial charge in [0.15, 0.2) is 0 Å². The van der Waals surface area contributed by atoms with Crippen molar-refractivity contribution in [2.45, 2.75) is 12.5 Å². The van der Waals surface area contributed by atoms with Crippen molar-refractivity contribution in [2.75, 3.05) is 0 Å². The number of amides is 2. The normalized spacial score (nSPS) is 11.9. The van der Waals surface area contributed by atoms with Crippen LogP contribution in [-0.4, -0.2) is 34.0 Å². The Morgan fingerprint density at radius 2 is 1.44 bits per heavy atom. The minimum absolute atomic E-state index is 0.00655. The Morgan fingerprint density at radius 3 is 2.03 bits per heavy atom. The van der Waals surface area contributed by atoms with Crippen molar-refractivity contribution in [3.8, 4) is 5.75 Å². The van der Waals surface area contributed by atoms with E-state index in [1.165, 1.54) is 18.2 Å². The first-order valence-electron chi connectivity index (χ1n) is 9.87. The van der Waals surface area contributed by atoms with Crippen molar-refractivity contribution < 1.29 is 24.6 Å². The molecule has 3 aromatic carbocycles. The molecule has 0 radical (unpaired) electrons. The Labute approximate surface area is 185 Å². The van der Waals surface area contributed by atoms with E-state index in [0.717, 1.165) is 0 Å². The maximum atomic E-state index is 13.0. The molecule has 32 heavy (non-hydrogen) atoms. The molecule has 0 aliphatic heterocycles. The zero-order valence-electron chi connectivity index (χ0n) is 17.1. The van der Waals surface area contributed by atoms with Gasteiger partial charge in [-0.1, -0.05) is 60.7 Å². The molecule has 0 aliphatic rings. The lowest BCUT2D eigenvalue weighted by molar-refractivity contribution is -0.141. The molecule has 0 bridgehead atoms. The predicted octanol–water partition coefficient (Wildman–Crippen LogP) is 2.98. The third-order valence-corrected chi connectivity index (χ3v) is 4.62. The summed E-state index contributed by atoms with van der Waals surface area (Å²) in [6.07, 6.45) is 1.49. The van der Waals surface area contributed by atoms with Crippen LogP contribution < -0.4 is 10.6 Å². The van der Waals surface area contributed by atoms with E-state index in [0.29, 0.717) is 16.7 Å². The third kappa shape index (κ3) is 6.30. The number of benzene rings is 3. The van der Waals surface area contributed by atoms with E-state index in [2.05, 4.69) is 10.6 Å². The first-order valence-corrected chi connectivity index (χ1v) is 9.87. The quantitative estimate of drug-likeness (QED) is 0.410. The van der Waals surface area contributed by atoms with E-state index in [4.69, 9.17) is 0 Å². The highest BCUT2D eigenvalue weighted by molar-refractivity contribution is 6.06. The van der Waals surface area contributed by atoms with Gasteiger partial charge in [0, 0.05) is 12.0 Å². The number of aromatic hydroxyl groups is 1. The summed E-state index contributed by atoms with van der Waals surface area (Å²) >= 11 is 0. The molecule has 3 aromatic rings. The molecular weight excluding hydrogens is 408 g/mol. The maximum Gasteiger partial charge on any atom is 0.326 e. The number of carbonyl (C=O) groups excluding carboxylic acids is 2. The number of carboxylic acid groups (broad SMARTS) is 1. The van der Waals surface area contributed by atoms with E-state index in [-0.39, 0.29) is 17.9 Å². The van der Waals surface area contributed by atoms with E-state index in [1.54, 1.807) is 66.7 Å². The van der Waals surface area contributed by atoms with Gasteiger partial charge < -0.3 is 20.8 Å². The minimum Gasteiger partial charge on any atom is -0.508 e. The number of nitrogens with one attached hydrogen (secondary N) is 2. The van der Waals surface area contributed by atoms with Crippen LogP contribution in [0.5, 0.6) is 5.75 Å². The van der Waals surface area contributed by atoms with Crippen LogP contribution in [0.3, 0.4) is 0 Å². The Hall–Kier alpha value is -4.39. The van der Waals surface area contributed by atoms with Crippen LogP contribution in [0.1, 0.15) is 21.5 Å². The fraction of sp³-hybridized carbons (Fsp3) is 0.0800. The van der Waals surface area contributed by atoms with Gasteiger partial charge in [-0.25, -0.2) is 4.79 Å². The summed E-state index contributed by atoms with van der Waals surface area (Å²) in [4.78, 5) is 37.4. The van der Waals surface area contributed by atoms with Crippen LogP contribution in [0.4, 0.5) is 0 Å². The topological polar surface area (TPSA) is 116 Å². The summed E-state index contributed by atoms with van der Waals surface area (Å²) in [5.41, 5.74) is 1.56. The average molecular weight is 430 g/mol. The molecule has 3 rings (SSSR count). The number of carboxylic acids is 1.